The Morgan fingerprint density at radius 1 is 1.26 bits per heavy atom. The Labute approximate surface area is 119 Å². The van der Waals surface area contributed by atoms with Gasteiger partial charge in [0.2, 0.25) is 0 Å². The zero-order valence-electron chi connectivity index (χ0n) is 11.9. The molecule has 0 atom stereocenters. The van der Waals surface area contributed by atoms with Gasteiger partial charge in [-0.1, -0.05) is 38.1 Å². The van der Waals surface area contributed by atoms with Crippen molar-refractivity contribution in [2.75, 3.05) is 0 Å². The first kappa shape index (κ1) is 14.2. The van der Waals surface area contributed by atoms with Crippen LogP contribution in [0.5, 0.6) is 0 Å². The highest BCUT2D eigenvalue weighted by Gasteiger charge is 2.12. The lowest BCUT2D eigenvalue weighted by Crippen LogP contribution is -2.02. The smallest absolute Gasteiger partial charge is 0.0975 e. The molecule has 1 aromatic heterocycles. The van der Waals surface area contributed by atoms with Crippen LogP contribution in [-0.2, 0) is 19.4 Å². The summed E-state index contributed by atoms with van der Waals surface area (Å²) in [5.41, 5.74) is 9.72. The number of thiazole rings is 1. The van der Waals surface area contributed by atoms with Crippen LogP contribution in [0, 0.1) is 12.8 Å². The molecule has 0 aliphatic rings. The van der Waals surface area contributed by atoms with Gasteiger partial charge in [0.25, 0.3) is 0 Å². The molecule has 19 heavy (non-hydrogen) atoms. The van der Waals surface area contributed by atoms with Crippen molar-refractivity contribution in [3.8, 4) is 0 Å². The van der Waals surface area contributed by atoms with Crippen molar-refractivity contribution in [2.24, 2.45) is 11.7 Å². The number of nitrogens with two attached hydrogens (primary N) is 1. The fraction of sp³-hybridized carbons (Fsp3) is 0.438. The lowest BCUT2D eigenvalue weighted by Gasteiger charge is -2.03. The Hall–Kier alpha value is -1.19. The van der Waals surface area contributed by atoms with Crippen LogP contribution in [0.4, 0.5) is 0 Å². The normalized spacial score (nSPS) is 11.2. The second kappa shape index (κ2) is 6.31. The summed E-state index contributed by atoms with van der Waals surface area (Å²) in [6, 6.07) is 8.51. The molecule has 0 radical (unpaired) electrons. The molecule has 0 saturated heterocycles. The average Bonchev–Trinajstić information content (AvgIpc) is 2.73. The van der Waals surface area contributed by atoms with Gasteiger partial charge in [0.05, 0.1) is 10.7 Å². The molecule has 3 heteroatoms. The molecule has 0 spiro atoms. The summed E-state index contributed by atoms with van der Waals surface area (Å²) in [5.74, 6) is 0.624. The van der Waals surface area contributed by atoms with Gasteiger partial charge in [0.1, 0.15) is 0 Å². The first-order valence-electron chi connectivity index (χ1n) is 6.82. The molecule has 2 N–H and O–H groups in total. The highest BCUT2D eigenvalue weighted by atomic mass is 32.1. The van der Waals surface area contributed by atoms with E-state index in [9.17, 15) is 0 Å². The minimum atomic E-state index is 0.605. The quantitative estimate of drug-likeness (QED) is 0.903. The van der Waals surface area contributed by atoms with Crippen molar-refractivity contribution in [3.63, 3.8) is 0 Å². The van der Waals surface area contributed by atoms with Crippen LogP contribution in [0.3, 0.4) is 0 Å². The Kier molecular flexibility index (Phi) is 4.72. The van der Waals surface area contributed by atoms with Crippen LogP contribution < -0.4 is 5.73 Å². The van der Waals surface area contributed by atoms with E-state index in [-0.39, 0.29) is 0 Å². The number of aryl methyl sites for hydroxylation is 1. The molecule has 0 aliphatic carbocycles. The molecule has 0 amide bonds. The Bertz CT molecular complexity index is 543. The van der Waals surface area contributed by atoms with E-state index in [1.807, 2.05) is 0 Å². The number of aromatic nitrogens is 1. The van der Waals surface area contributed by atoms with Gasteiger partial charge in [-0.2, -0.15) is 0 Å². The number of nitrogens with zero attached hydrogens (tertiary/aromatic N) is 1. The lowest BCUT2D eigenvalue weighted by atomic mass is 10.1. The van der Waals surface area contributed by atoms with Gasteiger partial charge in [0, 0.05) is 17.8 Å². The summed E-state index contributed by atoms with van der Waals surface area (Å²) in [5, 5.41) is 1.19. The van der Waals surface area contributed by atoms with Gasteiger partial charge in [0.15, 0.2) is 0 Å². The highest BCUT2D eigenvalue weighted by Crippen LogP contribution is 2.24. The molecule has 102 valence electrons. The molecular weight excluding hydrogens is 252 g/mol. The van der Waals surface area contributed by atoms with Crippen LogP contribution in [0.1, 0.15) is 40.6 Å². The number of benzene rings is 1. The Morgan fingerprint density at radius 2 is 2.00 bits per heavy atom. The fourth-order valence-corrected chi connectivity index (χ4v) is 3.19. The monoisotopic (exact) mass is 274 g/mol. The van der Waals surface area contributed by atoms with Crippen LogP contribution >= 0.6 is 11.3 Å². The first-order chi connectivity index (χ1) is 9.10. The molecule has 2 rings (SSSR count). The van der Waals surface area contributed by atoms with Gasteiger partial charge >= 0.3 is 0 Å². The SMILES string of the molecule is Cc1ccccc1Cc1nc(CC(C)C)c(CN)s1. The zero-order valence-corrected chi connectivity index (χ0v) is 12.8. The maximum absolute atomic E-state index is 5.83. The minimum Gasteiger partial charge on any atom is -0.326 e. The second-order valence-corrected chi connectivity index (χ2v) is 6.55. The minimum absolute atomic E-state index is 0.605. The van der Waals surface area contributed by atoms with Crippen LogP contribution in [-0.4, -0.2) is 4.98 Å². The third-order valence-corrected chi connectivity index (χ3v) is 4.33. The maximum Gasteiger partial charge on any atom is 0.0975 e. The predicted molar refractivity (Wildman–Crippen MR) is 82.5 cm³/mol. The standard InChI is InChI=1S/C16H22N2S/c1-11(2)8-14-15(10-17)19-16(18-14)9-13-7-5-4-6-12(13)3/h4-7,11H,8-10,17H2,1-3H3. The third kappa shape index (κ3) is 3.64. The Morgan fingerprint density at radius 3 is 2.63 bits per heavy atom. The van der Waals surface area contributed by atoms with Crippen LogP contribution in [0.2, 0.25) is 0 Å². The Balaban J connectivity index is 2.22. The summed E-state index contributed by atoms with van der Waals surface area (Å²) < 4.78 is 0. The zero-order chi connectivity index (χ0) is 13.8. The average molecular weight is 274 g/mol. The molecule has 2 nitrogen and oxygen atoms in total. The van der Waals surface area contributed by atoms with E-state index in [4.69, 9.17) is 10.7 Å². The van der Waals surface area contributed by atoms with Crippen LogP contribution in [0.15, 0.2) is 24.3 Å². The summed E-state index contributed by atoms with van der Waals surface area (Å²) in [6.45, 7) is 7.20. The molecule has 0 fully saturated rings. The van der Waals surface area contributed by atoms with Crippen molar-refractivity contribution >= 4 is 11.3 Å². The van der Waals surface area contributed by atoms with Gasteiger partial charge in [-0.3, -0.25) is 0 Å². The van der Waals surface area contributed by atoms with Gasteiger partial charge in [-0.25, -0.2) is 4.98 Å². The van der Waals surface area contributed by atoms with E-state index in [1.165, 1.54) is 26.7 Å². The van der Waals surface area contributed by atoms with Crippen molar-refractivity contribution in [2.45, 2.75) is 40.2 Å². The van der Waals surface area contributed by atoms with Crippen molar-refractivity contribution in [1.82, 2.24) is 4.98 Å². The number of rotatable bonds is 5. The van der Waals surface area contributed by atoms with E-state index < -0.39 is 0 Å². The molecule has 0 bridgehead atoms. The predicted octanol–water partition coefficient (Wildman–Crippen LogP) is 3.70. The molecule has 0 unspecified atom stereocenters. The molecule has 1 aromatic carbocycles. The van der Waals surface area contributed by atoms with Crippen molar-refractivity contribution in [1.29, 1.82) is 0 Å². The van der Waals surface area contributed by atoms with E-state index in [1.54, 1.807) is 11.3 Å². The summed E-state index contributed by atoms with van der Waals surface area (Å²) in [4.78, 5) is 6.04. The van der Waals surface area contributed by atoms with Crippen molar-refractivity contribution in [3.05, 3.63) is 51.0 Å². The van der Waals surface area contributed by atoms with Gasteiger partial charge < -0.3 is 5.73 Å². The fourth-order valence-electron chi connectivity index (χ4n) is 2.19. The molecule has 2 aromatic rings. The highest BCUT2D eigenvalue weighted by molar-refractivity contribution is 7.11. The number of hydrogen-bond acceptors (Lipinski definition) is 3. The maximum atomic E-state index is 5.83. The lowest BCUT2D eigenvalue weighted by molar-refractivity contribution is 0.632. The van der Waals surface area contributed by atoms with E-state index in [0.717, 1.165) is 12.8 Å². The van der Waals surface area contributed by atoms with Crippen LogP contribution in [0.25, 0.3) is 0 Å². The van der Waals surface area contributed by atoms with Gasteiger partial charge in [-0.05, 0) is 30.4 Å². The van der Waals surface area contributed by atoms with E-state index >= 15 is 0 Å². The van der Waals surface area contributed by atoms with E-state index in [2.05, 4.69) is 45.0 Å². The molecule has 1 heterocycles. The van der Waals surface area contributed by atoms with E-state index in [0.29, 0.717) is 12.5 Å². The van der Waals surface area contributed by atoms with Gasteiger partial charge in [-0.15, -0.1) is 11.3 Å². The largest absolute Gasteiger partial charge is 0.326 e. The third-order valence-electron chi connectivity index (χ3n) is 3.21. The first-order valence-corrected chi connectivity index (χ1v) is 7.63. The molecule has 0 aliphatic heterocycles. The number of hydrogen-bond donors (Lipinski definition) is 1. The summed E-state index contributed by atoms with van der Waals surface area (Å²) >= 11 is 1.77. The van der Waals surface area contributed by atoms with Crippen molar-refractivity contribution < 1.29 is 0 Å². The molecular formula is C16H22N2S. The molecule has 0 saturated carbocycles. The topological polar surface area (TPSA) is 38.9 Å². The second-order valence-electron chi connectivity index (χ2n) is 5.38. The summed E-state index contributed by atoms with van der Waals surface area (Å²) in [7, 11) is 0. The summed E-state index contributed by atoms with van der Waals surface area (Å²) in [6.07, 6.45) is 1.94.